The maximum atomic E-state index is 12.3. The van der Waals surface area contributed by atoms with Gasteiger partial charge in [-0.1, -0.05) is 30.3 Å². The predicted octanol–water partition coefficient (Wildman–Crippen LogP) is 3.77. The van der Waals surface area contributed by atoms with Crippen molar-refractivity contribution >= 4 is 11.8 Å². The van der Waals surface area contributed by atoms with Crippen LogP contribution in [0.1, 0.15) is 21.5 Å². The average Bonchev–Trinajstić information content (AvgIpc) is 2.73. The number of carbonyl (C=O) groups excluding carboxylic acids is 2. The van der Waals surface area contributed by atoms with Crippen LogP contribution in [-0.4, -0.2) is 18.4 Å². The second-order valence-electron chi connectivity index (χ2n) is 5.62. The molecule has 0 atom stereocenters. The molecule has 0 spiro atoms. The van der Waals surface area contributed by atoms with Crippen molar-refractivity contribution in [3.05, 3.63) is 95.6 Å². The number of carbonyl (C=O) groups is 2. The van der Waals surface area contributed by atoms with Crippen LogP contribution in [-0.2, 0) is 4.79 Å². The number of ether oxygens (including phenoxy) is 2. The maximum Gasteiger partial charge on any atom is 0.349 e. The van der Waals surface area contributed by atoms with Crippen molar-refractivity contribution in [2.75, 3.05) is 6.61 Å². The topological polar surface area (TPSA) is 76.4 Å². The van der Waals surface area contributed by atoms with Crippen molar-refractivity contribution in [2.24, 2.45) is 0 Å². The van der Waals surface area contributed by atoms with Crippen molar-refractivity contribution < 1.29 is 19.1 Å². The molecule has 0 aromatic heterocycles. The van der Waals surface area contributed by atoms with E-state index in [1.165, 1.54) is 0 Å². The van der Waals surface area contributed by atoms with E-state index < -0.39 is 5.97 Å². The Bertz CT molecular complexity index is 972. The standard InChI is InChI=1S/C22H15NO4/c23-14-16-6-10-19(11-7-16)26-15-21(24)27-20-12-8-18(9-13-20)22(25)17-4-2-1-3-5-17/h1-13H,15H2. The Labute approximate surface area is 156 Å². The summed E-state index contributed by atoms with van der Waals surface area (Å²) in [6.07, 6.45) is 0. The zero-order chi connectivity index (χ0) is 19.1. The van der Waals surface area contributed by atoms with Crippen molar-refractivity contribution in [3.8, 4) is 17.6 Å². The Morgan fingerprint density at radius 2 is 1.37 bits per heavy atom. The molecule has 3 aromatic rings. The van der Waals surface area contributed by atoms with E-state index >= 15 is 0 Å². The molecule has 0 heterocycles. The van der Waals surface area contributed by atoms with Gasteiger partial charge in [0.15, 0.2) is 12.4 Å². The molecule has 0 aliphatic carbocycles. The third-order valence-electron chi connectivity index (χ3n) is 3.72. The monoisotopic (exact) mass is 357 g/mol. The van der Waals surface area contributed by atoms with Crippen LogP contribution in [0.3, 0.4) is 0 Å². The van der Waals surface area contributed by atoms with E-state index in [0.29, 0.717) is 28.2 Å². The van der Waals surface area contributed by atoms with Crippen LogP contribution in [0.2, 0.25) is 0 Å². The summed E-state index contributed by atoms with van der Waals surface area (Å²) in [5, 5.41) is 8.74. The molecule has 0 bridgehead atoms. The highest BCUT2D eigenvalue weighted by molar-refractivity contribution is 6.09. The average molecular weight is 357 g/mol. The number of benzene rings is 3. The van der Waals surface area contributed by atoms with Crippen LogP contribution in [0, 0.1) is 11.3 Å². The number of rotatable bonds is 6. The molecule has 3 rings (SSSR count). The lowest BCUT2D eigenvalue weighted by Crippen LogP contribution is -2.17. The molecular formula is C22H15NO4. The van der Waals surface area contributed by atoms with Gasteiger partial charge in [0.05, 0.1) is 11.6 Å². The summed E-state index contributed by atoms with van der Waals surface area (Å²) in [7, 11) is 0. The molecule has 0 saturated heterocycles. The second-order valence-corrected chi connectivity index (χ2v) is 5.62. The number of ketones is 1. The minimum atomic E-state index is -0.568. The van der Waals surface area contributed by atoms with Gasteiger partial charge in [-0.05, 0) is 48.5 Å². The fourth-order valence-electron chi connectivity index (χ4n) is 2.36. The van der Waals surface area contributed by atoms with Crippen molar-refractivity contribution in [3.63, 3.8) is 0 Å². The lowest BCUT2D eigenvalue weighted by Gasteiger charge is -2.07. The number of hydrogen-bond donors (Lipinski definition) is 0. The van der Waals surface area contributed by atoms with Gasteiger partial charge in [-0.15, -0.1) is 0 Å². The van der Waals surface area contributed by atoms with E-state index in [1.807, 2.05) is 12.1 Å². The minimum absolute atomic E-state index is 0.0994. The number of nitriles is 1. The zero-order valence-electron chi connectivity index (χ0n) is 14.3. The Balaban J connectivity index is 1.55. The molecule has 0 N–H and O–H groups in total. The van der Waals surface area contributed by atoms with Gasteiger partial charge in [0.1, 0.15) is 11.5 Å². The normalized spacial score (nSPS) is 9.89. The molecule has 27 heavy (non-hydrogen) atoms. The quantitative estimate of drug-likeness (QED) is 0.381. The first-order valence-corrected chi connectivity index (χ1v) is 8.19. The lowest BCUT2D eigenvalue weighted by atomic mass is 10.0. The van der Waals surface area contributed by atoms with E-state index in [9.17, 15) is 9.59 Å². The van der Waals surface area contributed by atoms with E-state index in [-0.39, 0.29) is 12.4 Å². The summed E-state index contributed by atoms with van der Waals surface area (Å²) in [4.78, 5) is 24.2. The maximum absolute atomic E-state index is 12.3. The third-order valence-corrected chi connectivity index (χ3v) is 3.72. The molecule has 0 aliphatic heterocycles. The molecule has 0 radical (unpaired) electrons. The number of esters is 1. The summed E-state index contributed by atoms with van der Waals surface area (Å²) in [5.41, 5.74) is 1.61. The number of hydrogen-bond acceptors (Lipinski definition) is 5. The summed E-state index contributed by atoms with van der Waals surface area (Å²) in [6, 6.07) is 23.7. The zero-order valence-corrected chi connectivity index (χ0v) is 14.3. The van der Waals surface area contributed by atoms with E-state index in [4.69, 9.17) is 14.7 Å². The van der Waals surface area contributed by atoms with Crippen LogP contribution in [0.5, 0.6) is 11.5 Å². The first kappa shape index (κ1) is 17.9. The molecule has 0 aliphatic rings. The smallest absolute Gasteiger partial charge is 0.349 e. The van der Waals surface area contributed by atoms with Gasteiger partial charge in [0, 0.05) is 11.1 Å². The summed E-state index contributed by atoms with van der Waals surface area (Å²) in [6.45, 7) is -0.267. The highest BCUT2D eigenvalue weighted by Crippen LogP contribution is 2.16. The van der Waals surface area contributed by atoms with Crippen molar-refractivity contribution in [1.29, 1.82) is 5.26 Å². The van der Waals surface area contributed by atoms with E-state index in [1.54, 1.807) is 72.8 Å². The molecule has 3 aromatic carbocycles. The van der Waals surface area contributed by atoms with E-state index in [2.05, 4.69) is 0 Å². The molecule has 5 heteroatoms. The predicted molar refractivity (Wildman–Crippen MR) is 98.6 cm³/mol. The van der Waals surface area contributed by atoms with Crippen LogP contribution < -0.4 is 9.47 Å². The molecule has 5 nitrogen and oxygen atoms in total. The van der Waals surface area contributed by atoms with Gasteiger partial charge >= 0.3 is 5.97 Å². The highest BCUT2D eigenvalue weighted by Gasteiger charge is 2.10. The van der Waals surface area contributed by atoms with Gasteiger partial charge in [0.2, 0.25) is 0 Å². The summed E-state index contributed by atoms with van der Waals surface area (Å²) < 4.78 is 10.5. The largest absolute Gasteiger partial charge is 0.482 e. The Morgan fingerprint density at radius 3 is 2.00 bits per heavy atom. The molecule has 0 saturated carbocycles. The second kappa shape index (κ2) is 8.45. The van der Waals surface area contributed by atoms with Crippen LogP contribution in [0.4, 0.5) is 0 Å². The Kier molecular flexibility index (Phi) is 5.60. The van der Waals surface area contributed by atoms with Crippen LogP contribution in [0.15, 0.2) is 78.9 Å². The first-order chi connectivity index (χ1) is 13.2. The minimum Gasteiger partial charge on any atom is -0.482 e. The fourth-order valence-corrected chi connectivity index (χ4v) is 2.36. The van der Waals surface area contributed by atoms with Gasteiger partial charge in [-0.25, -0.2) is 4.79 Å². The molecule has 132 valence electrons. The SMILES string of the molecule is N#Cc1ccc(OCC(=O)Oc2ccc(C(=O)c3ccccc3)cc2)cc1. The fraction of sp³-hybridized carbons (Fsp3) is 0.0455. The van der Waals surface area contributed by atoms with Crippen LogP contribution in [0.25, 0.3) is 0 Å². The highest BCUT2D eigenvalue weighted by atomic mass is 16.6. The first-order valence-electron chi connectivity index (χ1n) is 8.19. The van der Waals surface area contributed by atoms with Gasteiger partial charge < -0.3 is 9.47 Å². The summed E-state index contributed by atoms with van der Waals surface area (Å²) in [5.74, 6) is 0.127. The number of nitrogens with zero attached hydrogens (tertiary/aromatic N) is 1. The van der Waals surface area contributed by atoms with Crippen LogP contribution >= 0.6 is 0 Å². The van der Waals surface area contributed by atoms with Gasteiger partial charge in [-0.3, -0.25) is 4.79 Å². The summed E-state index contributed by atoms with van der Waals surface area (Å²) >= 11 is 0. The lowest BCUT2D eigenvalue weighted by molar-refractivity contribution is -0.136. The van der Waals surface area contributed by atoms with E-state index in [0.717, 1.165) is 0 Å². The molecule has 0 fully saturated rings. The Hall–Kier alpha value is -3.91. The molecule has 0 amide bonds. The van der Waals surface area contributed by atoms with Crippen molar-refractivity contribution in [1.82, 2.24) is 0 Å². The Morgan fingerprint density at radius 1 is 0.778 bits per heavy atom. The molecular weight excluding hydrogens is 342 g/mol. The van der Waals surface area contributed by atoms with Gasteiger partial charge in [-0.2, -0.15) is 5.26 Å². The van der Waals surface area contributed by atoms with Crippen molar-refractivity contribution in [2.45, 2.75) is 0 Å². The van der Waals surface area contributed by atoms with Gasteiger partial charge in [0.25, 0.3) is 0 Å². The molecule has 0 unspecified atom stereocenters. The third kappa shape index (κ3) is 4.80.